The highest BCUT2D eigenvalue weighted by atomic mass is 31.3. The van der Waals surface area contributed by atoms with Crippen molar-refractivity contribution in [2.24, 2.45) is 5.92 Å². The van der Waals surface area contributed by atoms with Gasteiger partial charge in [-0.25, -0.2) is 23.7 Å². The number of nitro groups is 2. The first kappa shape index (κ1) is 37.5. The van der Waals surface area contributed by atoms with Gasteiger partial charge in [-0.1, -0.05) is 13.8 Å². The van der Waals surface area contributed by atoms with Crippen LogP contribution in [0.5, 0.6) is 0 Å². The fraction of sp³-hybridized carbons (Fsp3) is 0.455. The number of rotatable bonds is 15. The van der Waals surface area contributed by atoms with E-state index >= 15 is 0 Å². The average Bonchev–Trinajstić information content (AvgIpc) is 3.50. The minimum atomic E-state index is -5.77. The number of aliphatic hydroxyl groups is 1. The molecule has 0 saturated carbocycles. The summed E-state index contributed by atoms with van der Waals surface area (Å²) in [6.07, 6.45) is -2.50. The number of nitrogens with two attached hydrogens (primary N) is 1. The first-order valence-electron chi connectivity index (χ1n) is 13.4. The quantitative estimate of drug-likeness (QED) is 0.0740. The van der Waals surface area contributed by atoms with Crippen molar-refractivity contribution in [2.75, 3.05) is 12.3 Å². The molecule has 2 aromatic heterocycles. The van der Waals surface area contributed by atoms with Gasteiger partial charge in [0, 0.05) is 30.3 Å². The SMILES string of the molecule is CC(C)[C@H](OCc1cn([C@H]2CC(O)[C@@H](COP(=O)(O)OP(=O)(O)OP(=O)(O)O)O2)c2ncnc(N)c12)c1c([N+](=O)[O-])cccc1[N+](=O)[O-]. The van der Waals surface area contributed by atoms with Gasteiger partial charge in [-0.05, 0) is 12.0 Å². The highest BCUT2D eigenvalue weighted by Gasteiger charge is 2.43. The molecule has 1 aromatic carbocycles. The maximum Gasteiger partial charge on any atom is 0.490 e. The molecule has 7 N–H and O–H groups in total. The number of ether oxygens (including phenoxy) is 2. The van der Waals surface area contributed by atoms with Crippen LogP contribution in [0.25, 0.3) is 11.0 Å². The van der Waals surface area contributed by atoms with E-state index in [0.717, 1.165) is 18.5 Å². The molecule has 1 aliphatic heterocycles. The van der Waals surface area contributed by atoms with E-state index < -0.39 is 81.8 Å². The van der Waals surface area contributed by atoms with Crippen molar-refractivity contribution in [1.29, 1.82) is 0 Å². The monoisotopic (exact) mass is 742 g/mol. The molecule has 4 rings (SSSR count). The van der Waals surface area contributed by atoms with Crippen molar-refractivity contribution >= 4 is 51.7 Å². The second-order valence-electron chi connectivity index (χ2n) is 10.5. The van der Waals surface area contributed by atoms with Crippen LogP contribution in [-0.4, -0.2) is 67.9 Å². The van der Waals surface area contributed by atoms with Crippen molar-refractivity contribution in [1.82, 2.24) is 14.5 Å². The second kappa shape index (κ2) is 14.3. The van der Waals surface area contributed by atoms with E-state index in [2.05, 4.69) is 23.1 Å². The van der Waals surface area contributed by atoms with Crippen LogP contribution in [0.4, 0.5) is 17.2 Å². The third-order valence-corrected chi connectivity index (χ3v) is 10.6. The van der Waals surface area contributed by atoms with Gasteiger partial charge in [-0.3, -0.25) is 24.8 Å². The van der Waals surface area contributed by atoms with E-state index in [4.69, 9.17) is 25.0 Å². The number of aliphatic hydroxyl groups excluding tert-OH is 1. The Hall–Kier alpha value is -3.27. The number of nitrogens with zero attached hydrogens (tertiary/aromatic N) is 5. The molecule has 0 bridgehead atoms. The molecular weight excluding hydrogens is 713 g/mol. The Kier molecular flexibility index (Phi) is 11.2. The fourth-order valence-corrected chi connectivity index (χ4v) is 7.99. The molecule has 3 aromatic rings. The average molecular weight is 742 g/mol. The van der Waals surface area contributed by atoms with Crippen LogP contribution in [0.3, 0.4) is 0 Å². The third kappa shape index (κ3) is 8.84. The second-order valence-corrected chi connectivity index (χ2v) is 15.0. The number of benzene rings is 1. The lowest BCUT2D eigenvalue weighted by atomic mass is 9.95. The predicted molar refractivity (Wildman–Crippen MR) is 158 cm³/mol. The van der Waals surface area contributed by atoms with Crippen LogP contribution in [0, 0.1) is 26.1 Å². The van der Waals surface area contributed by atoms with Gasteiger partial charge in [0.15, 0.2) is 0 Å². The van der Waals surface area contributed by atoms with Crippen molar-refractivity contribution in [3.8, 4) is 0 Å². The van der Waals surface area contributed by atoms with Crippen LogP contribution in [-0.2, 0) is 42.9 Å². The molecular formula is C22H29N6O17P3. The Labute approximate surface area is 269 Å². The molecule has 1 saturated heterocycles. The first-order chi connectivity index (χ1) is 22.2. The maximum atomic E-state index is 12.1. The summed E-state index contributed by atoms with van der Waals surface area (Å²) in [5.74, 6) is -0.506. The third-order valence-electron chi connectivity index (χ3n) is 6.81. The zero-order valence-electron chi connectivity index (χ0n) is 24.7. The molecule has 0 radical (unpaired) electrons. The van der Waals surface area contributed by atoms with E-state index in [1.54, 1.807) is 13.8 Å². The summed E-state index contributed by atoms with van der Waals surface area (Å²) in [6.45, 7) is 2.08. The van der Waals surface area contributed by atoms with Gasteiger partial charge in [0.05, 0.1) is 40.7 Å². The predicted octanol–water partition coefficient (Wildman–Crippen LogP) is 2.74. The van der Waals surface area contributed by atoms with Crippen LogP contribution < -0.4 is 5.73 Å². The van der Waals surface area contributed by atoms with Crippen molar-refractivity contribution in [3.05, 3.63) is 62.1 Å². The largest absolute Gasteiger partial charge is 0.490 e. The van der Waals surface area contributed by atoms with Crippen molar-refractivity contribution in [2.45, 2.75) is 51.4 Å². The van der Waals surface area contributed by atoms with Crippen LogP contribution in [0.15, 0.2) is 30.7 Å². The number of hydrogen-bond donors (Lipinski definition) is 6. The summed E-state index contributed by atoms with van der Waals surface area (Å²) >= 11 is 0. The molecule has 0 aliphatic carbocycles. The van der Waals surface area contributed by atoms with E-state index in [1.165, 1.54) is 16.8 Å². The number of nitro benzene ring substituents is 2. The fourth-order valence-electron chi connectivity index (χ4n) is 4.96. The van der Waals surface area contributed by atoms with Gasteiger partial charge < -0.3 is 44.5 Å². The minimum Gasteiger partial charge on any atom is -0.390 e. The van der Waals surface area contributed by atoms with Gasteiger partial charge >= 0.3 is 23.5 Å². The highest BCUT2D eigenvalue weighted by Crippen LogP contribution is 2.66. The molecule has 264 valence electrons. The topological polar surface area (TPSA) is 342 Å². The summed E-state index contributed by atoms with van der Waals surface area (Å²) in [7, 11) is -16.9. The zero-order valence-corrected chi connectivity index (χ0v) is 27.4. The minimum absolute atomic E-state index is 0.0159. The van der Waals surface area contributed by atoms with Crippen LogP contribution in [0.2, 0.25) is 0 Å². The number of hydrogen-bond acceptors (Lipinski definition) is 16. The van der Waals surface area contributed by atoms with Crippen LogP contribution in [0.1, 0.15) is 43.7 Å². The number of aromatic nitrogens is 3. The van der Waals surface area contributed by atoms with E-state index in [9.17, 15) is 48.8 Å². The van der Waals surface area contributed by atoms with Crippen molar-refractivity contribution < 1.29 is 70.8 Å². The molecule has 3 heterocycles. The molecule has 26 heteroatoms. The van der Waals surface area contributed by atoms with Gasteiger partial charge in [0.2, 0.25) is 0 Å². The Balaban J connectivity index is 1.57. The number of phosphoric acid groups is 3. The highest BCUT2D eigenvalue weighted by molar-refractivity contribution is 7.66. The smallest absolute Gasteiger partial charge is 0.390 e. The summed E-state index contributed by atoms with van der Waals surface area (Å²) in [5.41, 5.74) is 5.36. The Bertz CT molecular complexity index is 1820. The van der Waals surface area contributed by atoms with Gasteiger partial charge in [-0.15, -0.1) is 0 Å². The first-order valence-corrected chi connectivity index (χ1v) is 18.0. The van der Waals surface area contributed by atoms with E-state index in [1.807, 2.05) is 0 Å². The van der Waals surface area contributed by atoms with E-state index in [0.29, 0.717) is 5.56 Å². The van der Waals surface area contributed by atoms with Gasteiger partial charge in [-0.2, -0.15) is 8.62 Å². The Morgan fingerprint density at radius 1 is 1.06 bits per heavy atom. The van der Waals surface area contributed by atoms with Crippen LogP contribution >= 0.6 is 23.5 Å². The number of nitrogen functional groups attached to an aromatic ring is 1. The summed E-state index contributed by atoms with van der Waals surface area (Å²) in [5, 5.41) is 34.4. The molecule has 48 heavy (non-hydrogen) atoms. The normalized spacial score (nSPS) is 21.6. The van der Waals surface area contributed by atoms with Gasteiger partial charge in [0.25, 0.3) is 11.4 Å². The molecule has 1 fully saturated rings. The van der Waals surface area contributed by atoms with Crippen molar-refractivity contribution in [3.63, 3.8) is 0 Å². The molecule has 6 atom stereocenters. The number of fused-ring (bicyclic) bond motifs is 1. The number of anilines is 1. The Morgan fingerprint density at radius 2 is 1.69 bits per heavy atom. The molecule has 23 nitrogen and oxygen atoms in total. The maximum absolute atomic E-state index is 12.1. The zero-order chi connectivity index (χ0) is 35.8. The lowest BCUT2D eigenvalue weighted by molar-refractivity contribution is -0.397. The van der Waals surface area contributed by atoms with Gasteiger partial charge in [0.1, 0.15) is 35.7 Å². The number of phosphoric ester groups is 1. The summed E-state index contributed by atoms with van der Waals surface area (Å²) < 4.78 is 59.7. The summed E-state index contributed by atoms with van der Waals surface area (Å²) in [4.78, 5) is 66.7. The summed E-state index contributed by atoms with van der Waals surface area (Å²) in [6, 6.07) is 3.44. The molecule has 0 spiro atoms. The molecule has 0 amide bonds. The molecule has 3 unspecified atom stereocenters. The lowest BCUT2D eigenvalue weighted by Gasteiger charge is -2.21. The Morgan fingerprint density at radius 3 is 2.25 bits per heavy atom. The lowest BCUT2D eigenvalue weighted by Crippen LogP contribution is -2.26. The standard InChI is InChI=1S/C22H29N6O17P3/c1-11(2)20(19-13(27(30)31)4-3-5-14(19)28(32)33)41-8-12-7-26(22-18(12)21(23)24-10-25-22)17-6-15(29)16(43-17)9-42-47(37,38)45-48(39,40)44-46(34,35)36/h3-5,7,10-11,15-17,20,29H,6,8-9H2,1-2H3,(H,37,38)(H,39,40)(H2,23,24,25)(H2,34,35,36)/t15?,16-,17-,20+/m1/s1. The molecule has 1 aliphatic rings. The van der Waals surface area contributed by atoms with E-state index in [-0.39, 0.29) is 35.4 Å².